The maximum atomic E-state index is 10.7. The molecule has 4 nitrogen and oxygen atoms in total. The fraction of sp³-hybridized carbons (Fsp3) is 0.455. The highest BCUT2D eigenvalue weighted by atomic mass is 32.1. The van der Waals surface area contributed by atoms with E-state index in [0.717, 1.165) is 4.88 Å². The fourth-order valence-electron chi connectivity index (χ4n) is 1.27. The Morgan fingerprint density at radius 2 is 2.38 bits per heavy atom. The van der Waals surface area contributed by atoms with Gasteiger partial charge in [0.15, 0.2) is 0 Å². The molecule has 1 heterocycles. The van der Waals surface area contributed by atoms with Crippen LogP contribution in [0.15, 0.2) is 12.1 Å². The topological polar surface area (TPSA) is 64.3 Å². The van der Waals surface area contributed by atoms with E-state index in [9.17, 15) is 4.79 Å². The minimum atomic E-state index is -0.885. The van der Waals surface area contributed by atoms with Gasteiger partial charge in [-0.25, -0.2) is 4.79 Å². The zero-order valence-corrected chi connectivity index (χ0v) is 10.1. The van der Waals surface area contributed by atoms with Crippen LogP contribution in [0.1, 0.15) is 27.9 Å². The molecule has 0 aliphatic rings. The molecule has 0 saturated heterocycles. The molecule has 0 fully saturated rings. The molecule has 1 atom stereocenters. The summed E-state index contributed by atoms with van der Waals surface area (Å²) in [6, 6.07) is 5.75. The van der Waals surface area contributed by atoms with Crippen molar-refractivity contribution in [1.82, 2.24) is 4.90 Å². The standard InChI is InChI=1S/C11H14N2O2S/c1-8(5-6-12)13(2)7-9-3-4-10(16-9)11(14)15/h3-4,8H,5,7H2,1-2H3,(H,14,15). The highest BCUT2D eigenvalue weighted by Crippen LogP contribution is 2.19. The Bertz CT molecular complexity index is 408. The lowest BCUT2D eigenvalue weighted by molar-refractivity contribution is 0.0702. The number of aromatic carboxylic acids is 1. The van der Waals surface area contributed by atoms with Crippen LogP contribution in [-0.4, -0.2) is 29.1 Å². The average Bonchev–Trinajstić information content (AvgIpc) is 2.66. The third-order valence-corrected chi connectivity index (χ3v) is 3.47. The first-order valence-electron chi connectivity index (χ1n) is 4.93. The Kier molecular flexibility index (Phi) is 4.47. The third-order valence-electron chi connectivity index (χ3n) is 2.42. The molecule has 5 heteroatoms. The van der Waals surface area contributed by atoms with Crippen LogP contribution in [0.2, 0.25) is 0 Å². The van der Waals surface area contributed by atoms with Crippen molar-refractivity contribution >= 4 is 17.3 Å². The minimum absolute atomic E-state index is 0.181. The van der Waals surface area contributed by atoms with Crippen molar-refractivity contribution in [3.05, 3.63) is 21.9 Å². The number of hydrogen-bond donors (Lipinski definition) is 1. The Labute approximate surface area is 98.7 Å². The van der Waals surface area contributed by atoms with Crippen LogP contribution in [-0.2, 0) is 6.54 Å². The van der Waals surface area contributed by atoms with E-state index in [2.05, 4.69) is 6.07 Å². The minimum Gasteiger partial charge on any atom is -0.477 e. The first-order chi connectivity index (χ1) is 7.54. The Morgan fingerprint density at radius 3 is 2.88 bits per heavy atom. The summed E-state index contributed by atoms with van der Waals surface area (Å²) in [5, 5.41) is 17.4. The summed E-state index contributed by atoms with van der Waals surface area (Å²) in [4.78, 5) is 14.1. The largest absolute Gasteiger partial charge is 0.477 e. The van der Waals surface area contributed by atoms with E-state index in [1.165, 1.54) is 11.3 Å². The van der Waals surface area contributed by atoms with Gasteiger partial charge in [-0.1, -0.05) is 0 Å². The number of rotatable bonds is 5. The smallest absolute Gasteiger partial charge is 0.345 e. The molecule has 1 unspecified atom stereocenters. The number of thiophene rings is 1. The Morgan fingerprint density at radius 1 is 1.69 bits per heavy atom. The second-order valence-electron chi connectivity index (χ2n) is 3.70. The van der Waals surface area contributed by atoms with Crippen molar-refractivity contribution in [2.45, 2.75) is 25.9 Å². The molecule has 0 radical (unpaired) electrons. The van der Waals surface area contributed by atoms with Crippen molar-refractivity contribution in [2.75, 3.05) is 7.05 Å². The molecule has 16 heavy (non-hydrogen) atoms. The zero-order chi connectivity index (χ0) is 12.1. The van der Waals surface area contributed by atoms with Crippen molar-refractivity contribution in [3.8, 4) is 6.07 Å². The van der Waals surface area contributed by atoms with E-state index in [0.29, 0.717) is 17.8 Å². The highest BCUT2D eigenvalue weighted by molar-refractivity contribution is 7.13. The van der Waals surface area contributed by atoms with Gasteiger partial charge in [-0.05, 0) is 26.1 Å². The molecule has 0 saturated carbocycles. The molecule has 0 aromatic carbocycles. The number of nitrogens with zero attached hydrogens (tertiary/aromatic N) is 2. The number of carboxylic acids is 1. The van der Waals surface area contributed by atoms with Crippen LogP contribution in [0, 0.1) is 11.3 Å². The SMILES string of the molecule is CC(CC#N)N(C)Cc1ccc(C(=O)O)s1. The molecule has 86 valence electrons. The fourth-order valence-corrected chi connectivity index (χ4v) is 2.18. The molecule has 0 bridgehead atoms. The predicted molar refractivity (Wildman–Crippen MR) is 62.4 cm³/mol. The zero-order valence-electron chi connectivity index (χ0n) is 9.30. The van der Waals surface area contributed by atoms with Crippen LogP contribution in [0.3, 0.4) is 0 Å². The van der Waals surface area contributed by atoms with Gasteiger partial charge >= 0.3 is 5.97 Å². The predicted octanol–water partition coefficient (Wildman–Crippen LogP) is 2.18. The van der Waals surface area contributed by atoms with Gasteiger partial charge in [-0.15, -0.1) is 11.3 Å². The van der Waals surface area contributed by atoms with Crippen molar-refractivity contribution in [3.63, 3.8) is 0 Å². The third kappa shape index (κ3) is 3.33. The van der Waals surface area contributed by atoms with Gasteiger partial charge < -0.3 is 5.11 Å². The first kappa shape index (κ1) is 12.7. The van der Waals surface area contributed by atoms with Crippen LogP contribution in [0.5, 0.6) is 0 Å². The summed E-state index contributed by atoms with van der Waals surface area (Å²) < 4.78 is 0. The summed E-state index contributed by atoms with van der Waals surface area (Å²) in [6.07, 6.45) is 0.480. The summed E-state index contributed by atoms with van der Waals surface area (Å²) in [5.41, 5.74) is 0. The Balaban J connectivity index is 2.59. The van der Waals surface area contributed by atoms with Gasteiger partial charge in [0, 0.05) is 17.5 Å². The average molecular weight is 238 g/mol. The number of nitriles is 1. The van der Waals surface area contributed by atoms with E-state index in [-0.39, 0.29) is 6.04 Å². The quantitative estimate of drug-likeness (QED) is 0.854. The maximum Gasteiger partial charge on any atom is 0.345 e. The van der Waals surface area contributed by atoms with Crippen LogP contribution in [0.4, 0.5) is 0 Å². The molecule has 0 spiro atoms. The summed E-state index contributed by atoms with van der Waals surface area (Å²) in [6.45, 7) is 2.66. The van der Waals surface area contributed by atoms with Crippen LogP contribution in [0.25, 0.3) is 0 Å². The summed E-state index contributed by atoms with van der Waals surface area (Å²) >= 11 is 1.28. The van der Waals surface area contributed by atoms with Gasteiger partial charge in [-0.2, -0.15) is 5.26 Å². The van der Waals surface area contributed by atoms with E-state index >= 15 is 0 Å². The second-order valence-corrected chi connectivity index (χ2v) is 4.87. The van der Waals surface area contributed by atoms with Gasteiger partial charge in [0.25, 0.3) is 0 Å². The summed E-state index contributed by atoms with van der Waals surface area (Å²) in [5.74, 6) is -0.885. The molecule has 0 aliphatic carbocycles. The number of carbonyl (C=O) groups is 1. The van der Waals surface area contributed by atoms with Crippen LogP contribution >= 0.6 is 11.3 Å². The molecule has 1 aromatic heterocycles. The van der Waals surface area contributed by atoms with E-state index in [4.69, 9.17) is 10.4 Å². The number of hydrogen-bond acceptors (Lipinski definition) is 4. The number of carboxylic acid groups (broad SMARTS) is 1. The maximum absolute atomic E-state index is 10.7. The molecular formula is C11H14N2O2S. The molecular weight excluding hydrogens is 224 g/mol. The van der Waals surface area contributed by atoms with Gasteiger partial charge in [0.2, 0.25) is 0 Å². The van der Waals surface area contributed by atoms with Crippen molar-refractivity contribution < 1.29 is 9.90 Å². The lowest BCUT2D eigenvalue weighted by Crippen LogP contribution is -2.27. The molecule has 1 N–H and O–H groups in total. The van der Waals surface area contributed by atoms with E-state index in [1.807, 2.05) is 24.9 Å². The monoisotopic (exact) mass is 238 g/mol. The van der Waals surface area contributed by atoms with Gasteiger partial charge in [0.05, 0.1) is 12.5 Å². The molecule has 1 rings (SSSR count). The lowest BCUT2D eigenvalue weighted by Gasteiger charge is -2.21. The van der Waals surface area contributed by atoms with Gasteiger partial charge in [-0.3, -0.25) is 4.90 Å². The van der Waals surface area contributed by atoms with Crippen LogP contribution < -0.4 is 0 Å². The highest BCUT2D eigenvalue weighted by Gasteiger charge is 2.12. The van der Waals surface area contributed by atoms with Crippen molar-refractivity contribution in [2.24, 2.45) is 0 Å². The Hall–Kier alpha value is -1.38. The molecule has 0 amide bonds. The normalized spacial score (nSPS) is 12.4. The summed E-state index contributed by atoms with van der Waals surface area (Å²) in [7, 11) is 1.93. The van der Waals surface area contributed by atoms with Crippen molar-refractivity contribution in [1.29, 1.82) is 5.26 Å². The first-order valence-corrected chi connectivity index (χ1v) is 5.75. The second kappa shape index (κ2) is 5.64. The van der Waals surface area contributed by atoms with E-state index < -0.39 is 5.97 Å². The van der Waals surface area contributed by atoms with Gasteiger partial charge in [0.1, 0.15) is 4.88 Å². The van der Waals surface area contributed by atoms with E-state index in [1.54, 1.807) is 6.07 Å². The lowest BCUT2D eigenvalue weighted by atomic mass is 10.2. The molecule has 0 aliphatic heterocycles. The molecule has 1 aromatic rings.